The zero-order valence-electron chi connectivity index (χ0n) is 8.43. The molecule has 0 aliphatic carbocycles. The maximum Gasteiger partial charge on any atom is 0.155 e. The molecule has 16 heavy (non-hydrogen) atoms. The second kappa shape index (κ2) is 3.44. The zero-order chi connectivity index (χ0) is 11.0. The molecular formula is C11H9N3OS. The summed E-state index contributed by atoms with van der Waals surface area (Å²) in [5.41, 5.74) is 1.37. The Labute approximate surface area is 96.5 Å². The second-order valence-electron chi connectivity index (χ2n) is 3.81. The van der Waals surface area contributed by atoms with Crippen molar-refractivity contribution < 1.29 is 4.74 Å². The van der Waals surface area contributed by atoms with Gasteiger partial charge in [-0.05, 0) is 12.1 Å². The molecule has 4 nitrogen and oxygen atoms in total. The summed E-state index contributed by atoms with van der Waals surface area (Å²) < 4.78 is 5.12. The van der Waals surface area contributed by atoms with Crippen LogP contribution in [0.25, 0.3) is 11.4 Å². The van der Waals surface area contributed by atoms with Crippen molar-refractivity contribution in [2.75, 3.05) is 13.2 Å². The Morgan fingerprint density at radius 1 is 1.56 bits per heavy atom. The molecule has 1 aliphatic rings. The lowest BCUT2D eigenvalue weighted by Gasteiger charge is -2.32. The molecule has 2 aromatic rings. The lowest BCUT2D eigenvalue weighted by Crippen LogP contribution is -2.45. The van der Waals surface area contributed by atoms with Crippen LogP contribution in [-0.4, -0.2) is 23.2 Å². The van der Waals surface area contributed by atoms with E-state index in [1.807, 2.05) is 23.7 Å². The van der Waals surface area contributed by atoms with Crippen molar-refractivity contribution in [3.8, 4) is 17.5 Å². The minimum Gasteiger partial charge on any atom is -0.377 e. The molecule has 2 aromatic heterocycles. The third-order valence-corrected chi connectivity index (χ3v) is 3.74. The summed E-state index contributed by atoms with van der Waals surface area (Å²) in [6.45, 7) is 0.919. The average Bonchev–Trinajstić information content (AvgIpc) is 2.86. The summed E-state index contributed by atoms with van der Waals surface area (Å²) in [6, 6.07) is 6.20. The van der Waals surface area contributed by atoms with Crippen LogP contribution in [0.2, 0.25) is 0 Å². The van der Waals surface area contributed by atoms with Crippen molar-refractivity contribution in [2.24, 2.45) is 0 Å². The number of hydrogen-bond donors (Lipinski definition) is 1. The first kappa shape index (κ1) is 9.58. The van der Waals surface area contributed by atoms with Gasteiger partial charge >= 0.3 is 0 Å². The largest absolute Gasteiger partial charge is 0.377 e. The molecule has 3 heterocycles. The smallest absolute Gasteiger partial charge is 0.155 e. The van der Waals surface area contributed by atoms with Crippen LogP contribution in [0.1, 0.15) is 5.01 Å². The normalized spacial score (nSPS) is 17.7. The quantitative estimate of drug-likeness (QED) is 0.859. The maximum absolute atomic E-state index is 9.16. The fourth-order valence-corrected chi connectivity index (χ4v) is 2.59. The van der Waals surface area contributed by atoms with Crippen LogP contribution in [0.4, 0.5) is 0 Å². The van der Waals surface area contributed by atoms with E-state index in [-0.39, 0.29) is 0 Å². The van der Waals surface area contributed by atoms with Crippen LogP contribution in [0.15, 0.2) is 23.7 Å². The van der Waals surface area contributed by atoms with Gasteiger partial charge in [0.2, 0.25) is 0 Å². The van der Waals surface area contributed by atoms with E-state index in [2.05, 4.69) is 16.0 Å². The lowest BCUT2D eigenvalue weighted by molar-refractivity contribution is -0.0298. The summed E-state index contributed by atoms with van der Waals surface area (Å²) in [6.07, 6.45) is 1.86. The van der Waals surface area contributed by atoms with Crippen molar-refractivity contribution in [1.82, 2.24) is 9.97 Å². The van der Waals surface area contributed by atoms with Gasteiger partial charge in [-0.1, -0.05) is 0 Å². The molecule has 5 heteroatoms. The minimum atomic E-state index is -0.504. The Morgan fingerprint density at radius 3 is 3.00 bits per heavy atom. The predicted octanol–water partition coefficient (Wildman–Crippen LogP) is 1.93. The second-order valence-corrected chi connectivity index (χ2v) is 4.67. The van der Waals surface area contributed by atoms with Gasteiger partial charge in [0.25, 0.3) is 0 Å². The van der Waals surface area contributed by atoms with Gasteiger partial charge in [-0.25, -0.2) is 4.98 Å². The standard InChI is InChI=1S/C11H9N3OS/c12-5-11(6-15-7-11)10-14-9(4-16-10)8-2-1-3-13-8/h1-4,13H,6-7H2. The molecule has 0 aromatic carbocycles. The Morgan fingerprint density at radius 2 is 2.44 bits per heavy atom. The number of nitrogens with zero attached hydrogens (tertiary/aromatic N) is 2. The third kappa shape index (κ3) is 1.28. The molecule has 0 bridgehead atoms. The first-order valence-corrected chi connectivity index (χ1v) is 5.81. The third-order valence-electron chi connectivity index (χ3n) is 2.70. The minimum absolute atomic E-state index is 0.460. The van der Waals surface area contributed by atoms with Crippen LogP contribution < -0.4 is 0 Å². The molecule has 80 valence electrons. The van der Waals surface area contributed by atoms with E-state index in [1.54, 1.807) is 0 Å². The van der Waals surface area contributed by atoms with Gasteiger partial charge in [0.05, 0.1) is 30.7 Å². The highest BCUT2D eigenvalue weighted by Gasteiger charge is 2.43. The number of nitrogens with one attached hydrogen (secondary N) is 1. The maximum atomic E-state index is 9.16. The number of rotatable bonds is 2. The number of thiazole rings is 1. The molecule has 0 radical (unpaired) electrons. The average molecular weight is 231 g/mol. The number of hydrogen-bond acceptors (Lipinski definition) is 4. The van der Waals surface area contributed by atoms with Crippen molar-refractivity contribution in [3.63, 3.8) is 0 Å². The molecule has 1 aliphatic heterocycles. The van der Waals surface area contributed by atoms with Crippen molar-refractivity contribution in [3.05, 3.63) is 28.7 Å². The Balaban J connectivity index is 1.97. The summed E-state index contributed by atoms with van der Waals surface area (Å²) in [5, 5.41) is 12.0. The molecule has 0 amide bonds. The molecule has 1 fully saturated rings. The van der Waals surface area contributed by atoms with Gasteiger partial charge in [0.1, 0.15) is 5.01 Å². The number of nitriles is 1. The Bertz CT molecular complexity index is 534. The van der Waals surface area contributed by atoms with Crippen molar-refractivity contribution in [2.45, 2.75) is 5.41 Å². The number of ether oxygens (including phenoxy) is 1. The zero-order valence-corrected chi connectivity index (χ0v) is 9.25. The highest BCUT2D eigenvalue weighted by Crippen LogP contribution is 2.35. The summed E-state index contributed by atoms with van der Waals surface area (Å²) >= 11 is 1.52. The first-order chi connectivity index (χ1) is 7.84. The fraction of sp³-hybridized carbons (Fsp3) is 0.273. The summed E-state index contributed by atoms with van der Waals surface area (Å²) in [7, 11) is 0. The van der Waals surface area contributed by atoms with E-state index in [1.165, 1.54) is 11.3 Å². The van der Waals surface area contributed by atoms with Crippen molar-refractivity contribution in [1.29, 1.82) is 5.26 Å². The van der Waals surface area contributed by atoms with Crippen LogP contribution >= 0.6 is 11.3 Å². The van der Waals surface area contributed by atoms with E-state index in [0.717, 1.165) is 16.4 Å². The molecule has 0 atom stereocenters. The van der Waals surface area contributed by atoms with Crippen LogP contribution in [-0.2, 0) is 10.2 Å². The number of H-pyrrole nitrogens is 1. The number of aromatic amines is 1. The summed E-state index contributed by atoms with van der Waals surface area (Å²) in [5.74, 6) is 0. The van der Waals surface area contributed by atoms with Gasteiger partial charge in [-0.15, -0.1) is 11.3 Å². The topological polar surface area (TPSA) is 61.7 Å². The van der Waals surface area contributed by atoms with Gasteiger partial charge in [0.15, 0.2) is 5.41 Å². The van der Waals surface area contributed by atoms with Gasteiger partial charge < -0.3 is 9.72 Å². The number of aromatic nitrogens is 2. The van der Waals surface area contributed by atoms with Crippen LogP contribution in [0, 0.1) is 11.3 Å². The Hall–Kier alpha value is -1.64. The van der Waals surface area contributed by atoms with Gasteiger partial charge in [-0.3, -0.25) is 0 Å². The lowest BCUT2D eigenvalue weighted by atomic mass is 9.89. The van der Waals surface area contributed by atoms with Gasteiger partial charge in [-0.2, -0.15) is 5.26 Å². The Kier molecular flexibility index (Phi) is 2.06. The molecule has 3 rings (SSSR count). The highest BCUT2D eigenvalue weighted by atomic mass is 32.1. The SMILES string of the molecule is N#CC1(c2nc(-c3ccc[nH]3)cs2)COC1. The molecule has 0 saturated carbocycles. The van der Waals surface area contributed by atoms with Crippen LogP contribution in [0.5, 0.6) is 0 Å². The van der Waals surface area contributed by atoms with E-state index in [0.29, 0.717) is 13.2 Å². The molecular weight excluding hydrogens is 222 g/mol. The molecule has 1 N–H and O–H groups in total. The summed E-state index contributed by atoms with van der Waals surface area (Å²) in [4.78, 5) is 7.60. The van der Waals surface area contributed by atoms with E-state index in [9.17, 15) is 0 Å². The molecule has 0 unspecified atom stereocenters. The first-order valence-electron chi connectivity index (χ1n) is 4.93. The van der Waals surface area contributed by atoms with E-state index < -0.39 is 5.41 Å². The van der Waals surface area contributed by atoms with E-state index in [4.69, 9.17) is 10.00 Å². The fourth-order valence-electron chi connectivity index (χ4n) is 1.65. The van der Waals surface area contributed by atoms with Crippen molar-refractivity contribution >= 4 is 11.3 Å². The molecule has 0 spiro atoms. The van der Waals surface area contributed by atoms with Crippen LogP contribution in [0.3, 0.4) is 0 Å². The predicted molar refractivity (Wildman–Crippen MR) is 60.0 cm³/mol. The van der Waals surface area contributed by atoms with E-state index >= 15 is 0 Å². The highest BCUT2D eigenvalue weighted by molar-refractivity contribution is 7.10. The molecule has 1 saturated heterocycles. The van der Waals surface area contributed by atoms with Gasteiger partial charge in [0, 0.05) is 11.6 Å². The monoisotopic (exact) mass is 231 g/mol.